The SMILES string of the molecule is O=C(CCCN(C(=O)C(F)(F)F)C1CCCCC1)c1ccc2c(c1)CCNCC2. The second-order valence-corrected chi connectivity index (χ2v) is 8.05. The van der Waals surface area contributed by atoms with Gasteiger partial charge in [-0.15, -0.1) is 0 Å². The lowest BCUT2D eigenvalue weighted by atomic mass is 9.93. The van der Waals surface area contributed by atoms with Crippen LogP contribution in [0.5, 0.6) is 0 Å². The van der Waals surface area contributed by atoms with Gasteiger partial charge in [0.15, 0.2) is 5.78 Å². The van der Waals surface area contributed by atoms with Crippen molar-refractivity contribution in [1.82, 2.24) is 10.2 Å². The first-order chi connectivity index (χ1) is 13.9. The highest BCUT2D eigenvalue weighted by Crippen LogP contribution is 2.28. The number of fused-ring (bicyclic) bond motifs is 1. The van der Waals surface area contributed by atoms with Crippen molar-refractivity contribution in [2.75, 3.05) is 19.6 Å². The van der Waals surface area contributed by atoms with Crippen LogP contribution in [0.1, 0.15) is 66.4 Å². The number of Topliss-reactive ketones (excluding diaryl/α,β-unsaturated/α-hetero) is 1. The summed E-state index contributed by atoms with van der Waals surface area (Å²) in [6.07, 6.45) is 1.21. The van der Waals surface area contributed by atoms with Crippen LogP contribution >= 0.6 is 0 Å². The number of halogens is 3. The van der Waals surface area contributed by atoms with Crippen molar-refractivity contribution in [3.63, 3.8) is 0 Å². The molecule has 0 saturated heterocycles. The molecule has 1 aliphatic heterocycles. The van der Waals surface area contributed by atoms with Gasteiger partial charge in [-0.05, 0) is 62.4 Å². The average molecular weight is 410 g/mol. The molecule has 1 aromatic carbocycles. The lowest BCUT2D eigenvalue weighted by molar-refractivity contribution is -0.188. The molecule has 4 nitrogen and oxygen atoms in total. The molecule has 0 aromatic heterocycles. The molecule has 1 saturated carbocycles. The molecule has 0 unspecified atom stereocenters. The predicted octanol–water partition coefficient (Wildman–Crippen LogP) is 4.06. The highest BCUT2D eigenvalue weighted by molar-refractivity contribution is 5.96. The van der Waals surface area contributed by atoms with Crippen molar-refractivity contribution >= 4 is 11.7 Å². The van der Waals surface area contributed by atoms with Crippen LogP contribution in [-0.2, 0) is 17.6 Å². The Hall–Kier alpha value is -1.89. The van der Waals surface area contributed by atoms with Gasteiger partial charge >= 0.3 is 12.1 Å². The van der Waals surface area contributed by atoms with Crippen molar-refractivity contribution in [2.45, 2.75) is 70.0 Å². The zero-order chi connectivity index (χ0) is 20.9. The largest absolute Gasteiger partial charge is 0.471 e. The molecule has 1 N–H and O–H groups in total. The van der Waals surface area contributed by atoms with Crippen LogP contribution in [0.15, 0.2) is 18.2 Å². The van der Waals surface area contributed by atoms with Gasteiger partial charge < -0.3 is 10.2 Å². The smallest absolute Gasteiger partial charge is 0.332 e. The quantitative estimate of drug-likeness (QED) is 0.720. The first-order valence-electron chi connectivity index (χ1n) is 10.6. The zero-order valence-electron chi connectivity index (χ0n) is 16.7. The van der Waals surface area contributed by atoms with Gasteiger partial charge in [0.1, 0.15) is 0 Å². The molecule has 160 valence electrons. The van der Waals surface area contributed by atoms with Gasteiger partial charge in [0.2, 0.25) is 0 Å². The first kappa shape index (κ1) is 21.8. The normalized spacial score (nSPS) is 18.0. The van der Waals surface area contributed by atoms with E-state index in [0.29, 0.717) is 18.4 Å². The van der Waals surface area contributed by atoms with E-state index >= 15 is 0 Å². The van der Waals surface area contributed by atoms with Crippen molar-refractivity contribution < 1.29 is 22.8 Å². The minimum absolute atomic E-state index is 0.0242. The summed E-state index contributed by atoms with van der Waals surface area (Å²) in [7, 11) is 0. The Labute approximate surface area is 169 Å². The summed E-state index contributed by atoms with van der Waals surface area (Å²) in [5.41, 5.74) is 3.01. The molecule has 2 aliphatic rings. The van der Waals surface area contributed by atoms with E-state index in [1.807, 2.05) is 18.2 Å². The van der Waals surface area contributed by atoms with Gasteiger partial charge in [-0.3, -0.25) is 9.59 Å². The third-order valence-electron chi connectivity index (χ3n) is 5.99. The number of nitrogens with zero attached hydrogens (tertiary/aromatic N) is 1. The molecular formula is C22H29F3N2O2. The van der Waals surface area contributed by atoms with Gasteiger partial charge in [0.05, 0.1) is 0 Å². The predicted molar refractivity (Wildman–Crippen MR) is 105 cm³/mol. The van der Waals surface area contributed by atoms with E-state index in [1.54, 1.807) is 0 Å². The Morgan fingerprint density at radius 3 is 2.41 bits per heavy atom. The number of carbonyl (C=O) groups is 2. The van der Waals surface area contributed by atoms with Gasteiger partial charge in [-0.25, -0.2) is 0 Å². The molecule has 3 rings (SSSR count). The minimum atomic E-state index is -4.87. The number of nitrogens with one attached hydrogen (secondary N) is 1. The molecule has 1 heterocycles. The number of benzene rings is 1. The topological polar surface area (TPSA) is 49.4 Å². The molecule has 1 aromatic rings. The van der Waals surface area contributed by atoms with Crippen LogP contribution < -0.4 is 5.32 Å². The Balaban J connectivity index is 1.60. The van der Waals surface area contributed by atoms with E-state index in [0.717, 1.165) is 55.7 Å². The third kappa shape index (κ3) is 5.81. The summed E-state index contributed by atoms with van der Waals surface area (Å²) in [5, 5.41) is 3.33. The fourth-order valence-electron chi connectivity index (χ4n) is 4.41. The van der Waals surface area contributed by atoms with Gasteiger partial charge in [-0.1, -0.05) is 31.4 Å². The fraction of sp³-hybridized carbons (Fsp3) is 0.636. The Kier molecular flexibility index (Phi) is 7.33. The summed E-state index contributed by atoms with van der Waals surface area (Å²) < 4.78 is 39.1. The number of carbonyl (C=O) groups excluding carboxylic acids is 2. The summed E-state index contributed by atoms with van der Waals surface area (Å²) in [6.45, 7) is 1.77. The monoisotopic (exact) mass is 410 g/mol. The second kappa shape index (κ2) is 9.74. The summed E-state index contributed by atoms with van der Waals surface area (Å²) in [6, 6.07) is 5.35. The van der Waals surface area contributed by atoms with E-state index in [1.165, 1.54) is 5.56 Å². The van der Waals surface area contributed by atoms with Crippen LogP contribution in [-0.4, -0.2) is 48.4 Å². The fourth-order valence-corrected chi connectivity index (χ4v) is 4.41. The number of ketones is 1. The molecular weight excluding hydrogens is 381 g/mol. The Morgan fingerprint density at radius 2 is 1.72 bits per heavy atom. The van der Waals surface area contributed by atoms with Crippen molar-refractivity contribution in [3.8, 4) is 0 Å². The van der Waals surface area contributed by atoms with E-state index in [2.05, 4.69) is 5.32 Å². The summed E-state index contributed by atoms with van der Waals surface area (Å²) in [4.78, 5) is 25.5. The standard InChI is InChI=1S/C22H29F3N2O2/c23-22(24,25)21(29)27(19-5-2-1-3-6-19)14-4-7-20(28)18-9-8-16-10-12-26-13-11-17(16)15-18/h8-9,15,19,26H,1-7,10-14H2. The lowest BCUT2D eigenvalue weighted by Crippen LogP contribution is -2.48. The van der Waals surface area contributed by atoms with Crippen LogP contribution in [0, 0.1) is 0 Å². The van der Waals surface area contributed by atoms with Gasteiger partial charge in [-0.2, -0.15) is 13.2 Å². The van der Waals surface area contributed by atoms with E-state index in [-0.39, 0.29) is 31.2 Å². The number of alkyl halides is 3. The van der Waals surface area contributed by atoms with Crippen molar-refractivity contribution in [1.29, 1.82) is 0 Å². The summed E-state index contributed by atoms with van der Waals surface area (Å²) in [5.74, 6) is -1.84. The van der Waals surface area contributed by atoms with Crippen LogP contribution in [0.2, 0.25) is 0 Å². The number of rotatable bonds is 6. The molecule has 0 atom stereocenters. The summed E-state index contributed by atoms with van der Waals surface area (Å²) >= 11 is 0. The molecule has 0 spiro atoms. The molecule has 7 heteroatoms. The maximum atomic E-state index is 13.0. The van der Waals surface area contributed by atoms with E-state index in [4.69, 9.17) is 0 Å². The molecule has 0 bridgehead atoms. The lowest BCUT2D eigenvalue weighted by Gasteiger charge is -2.34. The maximum absolute atomic E-state index is 13.0. The van der Waals surface area contributed by atoms with Crippen molar-refractivity contribution in [3.05, 3.63) is 34.9 Å². The average Bonchev–Trinajstić information content (AvgIpc) is 2.95. The van der Waals surface area contributed by atoms with Crippen LogP contribution in [0.4, 0.5) is 13.2 Å². The number of amides is 1. The highest BCUT2D eigenvalue weighted by atomic mass is 19.4. The van der Waals surface area contributed by atoms with Crippen LogP contribution in [0.3, 0.4) is 0 Å². The van der Waals surface area contributed by atoms with E-state index in [9.17, 15) is 22.8 Å². The van der Waals surface area contributed by atoms with E-state index < -0.39 is 12.1 Å². The van der Waals surface area contributed by atoms with Crippen molar-refractivity contribution in [2.24, 2.45) is 0 Å². The second-order valence-electron chi connectivity index (χ2n) is 8.05. The Morgan fingerprint density at radius 1 is 1.03 bits per heavy atom. The van der Waals surface area contributed by atoms with Gasteiger partial charge in [0, 0.05) is 24.6 Å². The zero-order valence-corrected chi connectivity index (χ0v) is 16.7. The number of hydrogen-bond acceptors (Lipinski definition) is 3. The maximum Gasteiger partial charge on any atom is 0.471 e. The number of hydrogen-bond donors (Lipinski definition) is 1. The molecule has 1 amide bonds. The molecule has 29 heavy (non-hydrogen) atoms. The Bertz CT molecular complexity index is 727. The highest BCUT2D eigenvalue weighted by Gasteiger charge is 2.44. The van der Waals surface area contributed by atoms with Gasteiger partial charge in [0.25, 0.3) is 0 Å². The third-order valence-corrected chi connectivity index (χ3v) is 5.99. The van der Waals surface area contributed by atoms with Crippen LogP contribution in [0.25, 0.3) is 0 Å². The first-order valence-corrected chi connectivity index (χ1v) is 10.6. The molecule has 0 radical (unpaired) electrons. The molecule has 1 fully saturated rings. The minimum Gasteiger partial charge on any atom is -0.332 e. The molecule has 1 aliphatic carbocycles.